The van der Waals surface area contributed by atoms with Crippen LogP contribution in [0.25, 0.3) is 11.1 Å². The fraction of sp³-hybridized carbons (Fsp3) is 0.294. The summed E-state index contributed by atoms with van der Waals surface area (Å²) in [5, 5.41) is 3.83. The molecule has 0 spiro atoms. The van der Waals surface area contributed by atoms with Crippen LogP contribution in [0.15, 0.2) is 36.4 Å². The van der Waals surface area contributed by atoms with Gasteiger partial charge in [-0.05, 0) is 54.8 Å². The summed E-state index contributed by atoms with van der Waals surface area (Å²) in [5.74, 6) is -0.309. The highest BCUT2D eigenvalue weighted by atomic mass is 35.5. The Kier molecular flexibility index (Phi) is 5.16. The number of nitrogens with one attached hydrogen (secondary N) is 1. The third kappa shape index (κ3) is 3.59. The van der Waals surface area contributed by atoms with Crippen LogP contribution in [0.3, 0.4) is 0 Å². The van der Waals surface area contributed by atoms with E-state index in [-0.39, 0.29) is 5.82 Å². The number of halogens is 2. The molecule has 1 nitrogen and oxygen atoms in total. The Morgan fingerprint density at radius 3 is 2.50 bits per heavy atom. The molecule has 0 heterocycles. The predicted octanol–water partition coefficient (Wildman–Crippen LogP) is 4.95. The van der Waals surface area contributed by atoms with Crippen molar-refractivity contribution >= 4 is 11.6 Å². The van der Waals surface area contributed by atoms with Crippen molar-refractivity contribution in [2.24, 2.45) is 0 Å². The molecule has 0 aliphatic carbocycles. The van der Waals surface area contributed by atoms with Crippen molar-refractivity contribution in [2.75, 3.05) is 6.54 Å². The molecule has 0 fully saturated rings. The standard InChI is InChI=1S/C17H19ClFN/c1-3-8-20-11-13-4-6-15(12(2)9-13)16-7-5-14(19)10-17(16)18/h4-7,9-10,20H,3,8,11H2,1-2H3. The Bertz CT molecular complexity index is 596. The van der Waals surface area contributed by atoms with E-state index in [1.165, 1.54) is 17.7 Å². The number of hydrogen-bond acceptors (Lipinski definition) is 1. The van der Waals surface area contributed by atoms with Crippen molar-refractivity contribution in [3.05, 3.63) is 58.4 Å². The maximum Gasteiger partial charge on any atom is 0.124 e. The van der Waals surface area contributed by atoms with Crippen LogP contribution in [0.1, 0.15) is 24.5 Å². The summed E-state index contributed by atoms with van der Waals surface area (Å²) in [6, 6.07) is 10.8. The highest BCUT2D eigenvalue weighted by Gasteiger charge is 2.08. The normalized spacial score (nSPS) is 10.8. The molecule has 0 aliphatic heterocycles. The van der Waals surface area contributed by atoms with E-state index < -0.39 is 0 Å². The van der Waals surface area contributed by atoms with Crippen LogP contribution in [-0.2, 0) is 6.54 Å². The van der Waals surface area contributed by atoms with Crippen molar-refractivity contribution in [3.63, 3.8) is 0 Å². The molecule has 20 heavy (non-hydrogen) atoms. The number of rotatable bonds is 5. The zero-order valence-corrected chi connectivity index (χ0v) is 12.6. The first-order chi connectivity index (χ1) is 9.61. The van der Waals surface area contributed by atoms with Crippen LogP contribution in [0, 0.1) is 12.7 Å². The van der Waals surface area contributed by atoms with Gasteiger partial charge in [0.2, 0.25) is 0 Å². The van der Waals surface area contributed by atoms with Crippen molar-refractivity contribution in [2.45, 2.75) is 26.8 Å². The lowest BCUT2D eigenvalue weighted by Gasteiger charge is -2.11. The molecule has 0 saturated heterocycles. The lowest BCUT2D eigenvalue weighted by molar-refractivity contribution is 0.628. The first kappa shape index (κ1) is 15.0. The lowest BCUT2D eigenvalue weighted by Crippen LogP contribution is -2.13. The van der Waals surface area contributed by atoms with E-state index in [2.05, 4.69) is 37.4 Å². The minimum absolute atomic E-state index is 0.309. The third-order valence-corrected chi connectivity index (χ3v) is 3.58. The molecule has 2 rings (SSSR count). The predicted molar refractivity (Wildman–Crippen MR) is 83.6 cm³/mol. The molecule has 0 unspecified atom stereocenters. The monoisotopic (exact) mass is 291 g/mol. The van der Waals surface area contributed by atoms with Crippen LogP contribution < -0.4 is 5.32 Å². The molecule has 1 N–H and O–H groups in total. The van der Waals surface area contributed by atoms with Gasteiger partial charge in [0.25, 0.3) is 0 Å². The molecule has 0 bridgehead atoms. The fourth-order valence-corrected chi connectivity index (χ4v) is 2.52. The summed E-state index contributed by atoms with van der Waals surface area (Å²) in [4.78, 5) is 0. The van der Waals surface area contributed by atoms with E-state index in [0.29, 0.717) is 5.02 Å². The number of hydrogen-bond donors (Lipinski definition) is 1. The topological polar surface area (TPSA) is 12.0 Å². The highest BCUT2D eigenvalue weighted by Crippen LogP contribution is 2.31. The second-order valence-electron chi connectivity index (χ2n) is 4.95. The van der Waals surface area contributed by atoms with Crippen molar-refractivity contribution in [3.8, 4) is 11.1 Å². The zero-order chi connectivity index (χ0) is 14.5. The Hall–Kier alpha value is -1.38. The quantitative estimate of drug-likeness (QED) is 0.768. The summed E-state index contributed by atoms with van der Waals surface area (Å²) in [6.07, 6.45) is 1.13. The molecular formula is C17H19ClFN. The average molecular weight is 292 g/mol. The van der Waals surface area contributed by atoms with E-state index >= 15 is 0 Å². The number of aryl methyl sites for hydroxylation is 1. The molecule has 0 aliphatic rings. The van der Waals surface area contributed by atoms with Gasteiger partial charge < -0.3 is 5.32 Å². The van der Waals surface area contributed by atoms with Crippen LogP contribution in [0.2, 0.25) is 5.02 Å². The van der Waals surface area contributed by atoms with E-state index in [1.54, 1.807) is 6.07 Å². The Labute approximate surface area is 124 Å². The SMILES string of the molecule is CCCNCc1ccc(-c2ccc(F)cc2Cl)c(C)c1. The second kappa shape index (κ2) is 6.87. The first-order valence-electron chi connectivity index (χ1n) is 6.87. The molecule has 0 radical (unpaired) electrons. The summed E-state index contributed by atoms with van der Waals surface area (Å²) in [5.41, 5.74) is 4.32. The molecule has 0 aromatic heterocycles. The van der Waals surface area contributed by atoms with Crippen molar-refractivity contribution in [1.29, 1.82) is 0 Å². The van der Waals surface area contributed by atoms with E-state index in [1.807, 2.05) is 0 Å². The van der Waals surface area contributed by atoms with E-state index in [0.717, 1.165) is 36.2 Å². The van der Waals surface area contributed by atoms with Gasteiger partial charge in [-0.2, -0.15) is 0 Å². The molecule has 2 aromatic carbocycles. The summed E-state index contributed by atoms with van der Waals surface area (Å²) < 4.78 is 13.1. The second-order valence-corrected chi connectivity index (χ2v) is 5.36. The van der Waals surface area contributed by atoms with Gasteiger partial charge in [-0.25, -0.2) is 4.39 Å². The summed E-state index contributed by atoms with van der Waals surface area (Å²) in [7, 11) is 0. The van der Waals surface area contributed by atoms with Crippen LogP contribution in [0.4, 0.5) is 4.39 Å². The van der Waals surface area contributed by atoms with Crippen LogP contribution in [0.5, 0.6) is 0 Å². The molecule has 3 heteroatoms. The van der Waals surface area contributed by atoms with Crippen molar-refractivity contribution < 1.29 is 4.39 Å². The average Bonchev–Trinajstić information content (AvgIpc) is 2.40. The minimum Gasteiger partial charge on any atom is -0.313 e. The summed E-state index contributed by atoms with van der Waals surface area (Å²) >= 11 is 6.13. The molecule has 0 atom stereocenters. The van der Waals surface area contributed by atoms with Crippen LogP contribution >= 0.6 is 11.6 Å². The fourth-order valence-electron chi connectivity index (χ4n) is 2.26. The van der Waals surface area contributed by atoms with E-state index in [9.17, 15) is 4.39 Å². The van der Waals surface area contributed by atoms with Gasteiger partial charge in [-0.1, -0.05) is 36.7 Å². The number of benzene rings is 2. The van der Waals surface area contributed by atoms with Gasteiger partial charge in [0.1, 0.15) is 5.82 Å². The van der Waals surface area contributed by atoms with Gasteiger partial charge in [0, 0.05) is 12.1 Å². The highest BCUT2D eigenvalue weighted by molar-refractivity contribution is 6.33. The molecule has 0 amide bonds. The largest absolute Gasteiger partial charge is 0.313 e. The molecule has 106 valence electrons. The maximum atomic E-state index is 13.1. The third-order valence-electron chi connectivity index (χ3n) is 3.27. The lowest BCUT2D eigenvalue weighted by atomic mass is 9.98. The summed E-state index contributed by atoms with van der Waals surface area (Å²) in [6.45, 7) is 6.09. The van der Waals surface area contributed by atoms with Crippen LogP contribution in [-0.4, -0.2) is 6.54 Å². The van der Waals surface area contributed by atoms with Gasteiger partial charge >= 0.3 is 0 Å². The van der Waals surface area contributed by atoms with E-state index in [4.69, 9.17) is 11.6 Å². The molecular weight excluding hydrogens is 273 g/mol. The Balaban J connectivity index is 2.25. The Morgan fingerprint density at radius 1 is 1.10 bits per heavy atom. The Morgan fingerprint density at radius 2 is 1.85 bits per heavy atom. The van der Waals surface area contributed by atoms with Gasteiger partial charge in [-0.3, -0.25) is 0 Å². The van der Waals surface area contributed by atoms with Crippen molar-refractivity contribution in [1.82, 2.24) is 5.32 Å². The van der Waals surface area contributed by atoms with Gasteiger partial charge in [0.05, 0.1) is 5.02 Å². The first-order valence-corrected chi connectivity index (χ1v) is 7.25. The smallest absolute Gasteiger partial charge is 0.124 e. The van der Waals surface area contributed by atoms with Gasteiger partial charge in [0.15, 0.2) is 0 Å². The maximum absolute atomic E-state index is 13.1. The molecule has 2 aromatic rings. The van der Waals surface area contributed by atoms with Gasteiger partial charge in [-0.15, -0.1) is 0 Å². The minimum atomic E-state index is -0.309. The molecule has 0 saturated carbocycles. The zero-order valence-electron chi connectivity index (χ0n) is 11.8.